The lowest BCUT2D eigenvalue weighted by molar-refractivity contribution is -0.105. The SMILES string of the molecule is NC(=O)c1ccc2nc(NC=O)sc2c1. The fourth-order valence-electron chi connectivity index (χ4n) is 1.19. The molecule has 0 aliphatic carbocycles. The molecule has 0 saturated carbocycles. The number of hydrogen-bond donors (Lipinski definition) is 2. The minimum absolute atomic E-state index is 0.434. The number of thiazole rings is 1. The Balaban J connectivity index is 2.51. The van der Waals surface area contributed by atoms with Crippen LogP contribution in [0.25, 0.3) is 10.2 Å². The summed E-state index contributed by atoms with van der Waals surface area (Å²) in [6.45, 7) is 0. The number of fused-ring (bicyclic) bond motifs is 1. The zero-order valence-corrected chi connectivity index (χ0v) is 8.38. The molecule has 0 atom stereocenters. The van der Waals surface area contributed by atoms with Crippen LogP contribution in [0.2, 0.25) is 0 Å². The van der Waals surface area contributed by atoms with Crippen LogP contribution in [0, 0.1) is 0 Å². The monoisotopic (exact) mass is 221 g/mol. The molecule has 6 heteroatoms. The van der Waals surface area contributed by atoms with E-state index in [-0.39, 0.29) is 0 Å². The van der Waals surface area contributed by atoms with Gasteiger partial charge in [0.25, 0.3) is 0 Å². The zero-order chi connectivity index (χ0) is 10.8. The number of aromatic nitrogens is 1. The number of benzene rings is 1. The number of nitrogens with zero attached hydrogens (tertiary/aromatic N) is 1. The lowest BCUT2D eigenvalue weighted by Gasteiger charge is -1.92. The number of rotatable bonds is 3. The predicted octanol–water partition coefficient (Wildman–Crippen LogP) is 0.963. The van der Waals surface area contributed by atoms with Crippen LogP contribution in [0.5, 0.6) is 0 Å². The molecule has 0 fully saturated rings. The predicted molar refractivity (Wildman–Crippen MR) is 57.8 cm³/mol. The van der Waals surface area contributed by atoms with Crippen LogP contribution in [-0.2, 0) is 4.79 Å². The average Bonchev–Trinajstić information content (AvgIpc) is 2.59. The van der Waals surface area contributed by atoms with Gasteiger partial charge in [0.2, 0.25) is 12.3 Å². The number of nitrogens with one attached hydrogen (secondary N) is 1. The number of hydrogen-bond acceptors (Lipinski definition) is 4. The molecule has 76 valence electrons. The summed E-state index contributed by atoms with van der Waals surface area (Å²) in [5.41, 5.74) is 6.31. The van der Waals surface area contributed by atoms with Crippen LogP contribution in [0.3, 0.4) is 0 Å². The molecule has 0 radical (unpaired) electrons. The molecular weight excluding hydrogens is 214 g/mol. The highest BCUT2D eigenvalue weighted by molar-refractivity contribution is 7.22. The van der Waals surface area contributed by atoms with E-state index in [9.17, 15) is 9.59 Å². The van der Waals surface area contributed by atoms with Gasteiger partial charge in [-0.25, -0.2) is 4.98 Å². The summed E-state index contributed by atoms with van der Waals surface area (Å²) in [6, 6.07) is 4.96. The highest BCUT2D eigenvalue weighted by Crippen LogP contribution is 2.26. The van der Waals surface area contributed by atoms with Gasteiger partial charge in [-0.2, -0.15) is 0 Å². The molecule has 3 N–H and O–H groups in total. The lowest BCUT2D eigenvalue weighted by Crippen LogP contribution is -2.10. The molecule has 5 nitrogen and oxygen atoms in total. The third-order valence-corrected chi connectivity index (χ3v) is 2.80. The second kappa shape index (κ2) is 3.66. The summed E-state index contributed by atoms with van der Waals surface area (Å²) in [6.07, 6.45) is 0.562. The first-order valence-electron chi connectivity index (χ1n) is 4.11. The van der Waals surface area contributed by atoms with Gasteiger partial charge in [0, 0.05) is 5.56 Å². The highest BCUT2D eigenvalue weighted by atomic mass is 32.1. The van der Waals surface area contributed by atoms with Crippen LogP contribution in [0.1, 0.15) is 10.4 Å². The normalized spacial score (nSPS) is 10.1. The van der Waals surface area contributed by atoms with E-state index in [0.29, 0.717) is 17.1 Å². The summed E-state index contributed by atoms with van der Waals surface area (Å²) >= 11 is 1.29. The fourth-order valence-corrected chi connectivity index (χ4v) is 2.05. The first kappa shape index (κ1) is 9.60. The van der Waals surface area contributed by atoms with Crippen LogP contribution < -0.4 is 11.1 Å². The van der Waals surface area contributed by atoms with E-state index in [4.69, 9.17) is 5.73 Å². The van der Waals surface area contributed by atoms with E-state index in [0.717, 1.165) is 10.2 Å². The zero-order valence-electron chi connectivity index (χ0n) is 7.56. The number of nitrogens with two attached hydrogens (primary N) is 1. The van der Waals surface area contributed by atoms with Crippen molar-refractivity contribution < 1.29 is 9.59 Å². The Morgan fingerprint density at radius 3 is 3.00 bits per heavy atom. The van der Waals surface area contributed by atoms with Gasteiger partial charge in [-0.1, -0.05) is 11.3 Å². The molecule has 0 aliphatic heterocycles. The Kier molecular flexibility index (Phi) is 2.34. The van der Waals surface area contributed by atoms with Crippen LogP contribution in [-0.4, -0.2) is 17.3 Å². The van der Waals surface area contributed by atoms with Gasteiger partial charge < -0.3 is 11.1 Å². The summed E-state index contributed by atoms with van der Waals surface area (Å²) < 4.78 is 0.815. The standard InChI is InChI=1S/C9H7N3O2S/c10-8(14)5-1-2-6-7(3-5)15-9(12-6)11-4-13/h1-4H,(H2,10,14)(H,11,12,13). The maximum Gasteiger partial charge on any atom is 0.248 e. The van der Waals surface area contributed by atoms with Gasteiger partial charge in [0.1, 0.15) is 0 Å². The van der Waals surface area contributed by atoms with Gasteiger partial charge >= 0.3 is 0 Å². The smallest absolute Gasteiger partial charge is 0.248 e. The topological polar surface area (TPSA) is 85.1 Å². The Hall–Kier alpha value is -1.95. The van der Waals surface area contributed by atoms with Crippen molar-refractivity contribution in [1.82, 2.24) is 4.98 Å². The van der Waals surface area contributed by atoms with Crippen LogP contribution in [0.15, 0.2) is 18.2 Å². The molecular formula is C9H7N3O2S. The Bertz CT molecular complexity index is 535. The summed E-state index contributed by atoms with van der Waals surface area (Å²) in [5.74, 6) is -0.477. The summed E-state index contributed by atoms with van der Waals surface area (Å²) in [4.78, 5) is 25.2. The molecule has 0 spiro atoms. The quantitative estimate of drug-likeness (QED) is 0.757. The summed E-state index contributed by atoms with van der Waals surface area (Å²) in [7, 11) is 0. The fraction of sp³-hybridized carbons (Fsp3) is 0. The number of primary amides is 1. The Labute approximate surface area is 88.9 Å². The van der Waals surface area contributed by atoms with Crippen molar-refractivity contribution in [1.29, 1.82) is 0 Å². The average molecular weight is 221 g/mol. The molecule has 1 aromatic heterocycles. The molecule has 1 heterocycles. The molecule has 2 amide bonds. The van der Waals surface area contributed by atoms with Crippen molar-refractivity contribution in [3.8, 4) is 0 Å². The molecule has 0 unspecified atom stereocenters. The second-order valence-electron chi connectivity index (χ2n) is 2.83. The largest absolute Gasteiger partial charge is 0.366 e. The molecule has 0 aliphatic rings. The first-order chi connectivity index (χ1) is 7.20. The van der Waals surface area contributed by atoms with Crippen molar-refractivity contribution >= 4 is 39.0 Å². The summed E-state index contributed by atoms with van der Waals surface area (Å²) in [5, 5.41) is 2.96. The van der Waals surface area contributed by atoms with Gasteiger partial charge in [0.15, 0.2) is 5.13 Å². The number of anilines is 1. The minimum Gasteiger partial charge on any atom is -0.366 e. The number of carbonyl (C=O) groups is 2. The third kappa shape index (κ3) is 1.79. The number of amides is 2. The van der Waals surface area contributed by atoms with Crippen molar-refractivity contribution in [3.63, 3.8) is 0 Å². The number of carbonyl (C=O) groups excluding carboxylic acids is 2. The van der Waals surface area contributed by atoms with Crippen molar-refractivity contribution in [2.24, 2.45) is 5.73 Å². The Morgan fingerprint density at radius 1 is 1.53 bits per heavy atom. The van der Waals surface area contributed by atoms with Gasteiger partial charge in [-0.05, 0) is 18.2 Å². The second-order valence-corrected chi connectivity index (χ2v) is 3.86. The first-order valence-corrected chi connectivity index (χ1v) is 4.93. The molecule has 0 bridgehead atoms. The molecule has 1 aromatic carbocycles. The van der Waals surface area contributed by atoms with E-state index in [2.05, 4.69) is 10.3 Å². The maximum atomic E-state index is 10.9. The maximum absolute atomic E-state index is 10.9. The van der Waals surface area contributed by atoms with E-state index >= 15 is 0 Å². The van der Waals surface area contributed by atoms with E-state index in [1.165, 1.54) is 11.3 Å². The van der Waals surface area contributed by atoms with Crippen LogP contribution in [0.4, 0.5) is 5.13 Å². The molecule has 2 aromatic rings. The molecule has 2 rings (SSSR count). The van der Waals surface area contributed by atoms with Gasteiger partial charge in [0.05, 0.1) is 10.2 Å². The van der Waals surface area contributed by atoms with E-state index in [1.807, 2.05) is 0 Å². The van der Waals surface area contributed by atoms with Crippen molar-refractivity contribution in [2.75, 3.05) is 5.32 Å². The Morgan fingerprint density at radius 2 is 2.33 bits per heavy atom. The molecule has 0 saturated heterocycles. The highest BCUT2D eigenvalue weighted by Gasteiger charge is 2.06. The van der Waals surface area contributed by atoms with E-state index in [1.54, 1.807) is 18.2 Å². The van der Waals surface area contributed by atoms with Crippen molar-refractivity contribution in [2.45, 2.75) is 0 Å². The minimum atomic E-state index is -0.477. The molecule has 15 heavy (non-hydrogen) atoms. The third-order valence-electron chi connectivity index (χ3n) is 1.86. The lowest BCUT2D eigenvalue weighted by atomic mass is 10.2. The van der Waals surface area contributed by atoms with E-state index < -0.39 is 5.91 Å². The van der Waals surface area contributed by atoms with Crippen molar-refractivity contribution in [3.05, 3.63) is 23.8 Å². The van der Waals surface area contributed by atoms with Gasteiger partial charge in [-0.3, -0.25) is 9.59 Å². The van der Waals surface area contributed by atoms with Crippen LogP contribution >= 0.6 is 11.3 Å². The van der Waals surface area contributed by atoms with Gasteiger partial charge in [-0.15, -0.1) is 0 Å².